The lowest BCUT2D eigenvalue weighted by Gasteiger charge is -2.09. The Labute approximate surface area is 153 Å². The molecule has 1 amide bonds. The highest BCUT2D eigenvalue weighted by molar-refractivity contribution is 6.07. The number of carbonyl (C=O) groups is 1. The molecule has 0 aliphatic heterocycles. The molecule has 0 atom stereocenters. The minimum Gasteiger partial charge on any atom is -0.465 e. The number of hydrogen-bond donors (Lipinski definition) is 1. The Hall–Kier alpha value is -2.62. The Morgan fingerprint density at radius 1 is 1.27 bits per heavy atom. The minimum absolute atomic E-state index is 0.0329. The Balaban J connectivity index is 1.89. The van der Waals surface area contributed by atoms with Crippen molar-refractivity contribution in [3.8, 4) is 0 Å². The van der Waals surface area contributed by atoms with Crippen molar-refractivity contribution in [1.82, 2.24) is 5.32 Å². The zero-order chi connectivity index (χ0) is 18.7. The van der Waals surface area contributed by atoms with E-state index in [2.05, 4.69) is 19.2 Å². The van der Waals surface area contributed by atoms with E-state index >= 15 is 0 Å². The summed E-state index contributed by atoms with van der Waals surface area (Å²) in [5.74, 6) is 0.945. The molecule has 1 heterocycles. The summed E-state index contributed by atoms with van der Waals surface area (Å²) in [6.45, 7) is 6.89. The largest absolute Gasteiger partial charge is 0.465 e. The molecule has 0 saturated heterocycles. The van der Waals surface area contributed by atoms with Gasteiger partial charge < -0.3 is 9.73 Å². The lowest BCUT2D eigenvalue weighted by atomic mass is 10.0. The van der Waals surface area contributed by atoms with Crippen molar-refractivity contribution in [2.45, 2.75) is 33.6 Å². The topological polar surface area (TPSA) is 42.2 Å². The van der Waals surface area contributed by atoms with Gasteiger partial charge in [-0.1, -0.05) is 19.9 Å². The van der Waals surface area contributed by atoms with Crippen LogP contribution in [0.3, 0.4) is 0 Å². The predicted molar refractivity (Wildman–Crippen MR) is 103 cm³/mol. The summed E-state index contributed by atoms with van der Waals surface area (Å²) in [6, 6.07) is 8.44. The van der Waals surface area contributed by atoms with Crippen LogP contribution in [0.5, 0.6) is 0 Å². The maximum atomic E-state index is 13.8. The average molecular weight is 353 g/mol. The number of halogens is 1. The molecule has 136 valence electrons. The summed E-state index contributed by atoms with van der Waals surface area (Å²) < 4.78 is 19.3. The van der Waals surface area contributed by atoms with Gasteiger partial charge in [0.2, 0.25) is 5.91 Å². The molecule has 2 aromatic rings. The molecule has 1 N–H and O–H groups in total. The van der Waals surface area contributed by atoms with Gasteiger partial charge in [-0.2, -0.15) is 0 Å². The second-order valence-corrected chi connectivity index (χ2v) is 7.08. The first-order chi connectivity index (χ1) is 12.5. The third-order valence-electron chi connectivity index (χ3n) is 4.66. The number of allylic oxidation sites excluding steroid dienone is 2. The van der Waals surface area contributed by atoms with Crippen molar-refractivity contribution >= 4 is 23.1 Å². The number of furan rings is 1. The lowest BCUT2D eigenvalue weighted by molar-refractivity contribution is -0.120. The van der Waals surface area contributed by atoms with Crippen LogP contribution in [0.15, 0.2) is 46.6 Å². The maximum absolute atomic E-state index is 13.8. The fourth-order valence-corrected chi connectivity index (χ4v) is 3.22. The fourth-order valence-electron chi connectivity index (χ4n) is 3.22. The second kappa shape index (κ2) is 7.73. The van der Waals surface area contributed by atoms with Crippen molar-refractivity contribution in [2.24, 2.45) is 5.92 Å². The standard InChI is InChI=1S/C22H24FNO2/c1-14(2)8-9-24-22(25)13-20-15(3)19(12-17-5-4-10-26-17)18-7-6-16(23)11-21(18)20/h4-7,10-12,14H,8-9,13H2,1-3H3,(H,24,25)/b19-12-. The van der Waals surface area contributed by atoms with Gasteiger partial charge in [-0.25, -0.2) is 4.39 Å². The zero-order valence-electron chi connectivity index (χ0n) is 15.4. The first kappa shape index (κ1) is 18.2. The van der Waals surface area contributed by atoms with Gasteiger partial charge in [-0.3, -0.25) is 4.79 Å². The number of benzene rings is 1. The van der Waals surface area contributed by atoms with E-state index in [1.54, 1.807) is 12.3 Å². The Morgan fingerprint density at radius 2 is 2.08 bits per heavy atom. The van der Waals surface area contributed by atoms with Gasteiger partial charge >= 0.3 is 0 Å². The summed E-state index contributed by atoms with van der Waals surface area (Å²) in [5, 5.41) is 2.96. The van der Waals surface area contributed by atoms with E-state index in [1.165, 1.54) is 12.1 Å². The number of rotatable bonds is 6. The van der Waals surface area contributed by atoms with E-state index in [0.29, 0.717) is 12.5 Å². The average Bonchev–Trinajstić information content (AvgIpc) is 3.17. The lowest BCUT2D eigenvalue weighted by Crippen LogP contribution is -2.25. The smallest absolute Gasteiger partial charge is 0.224 e. The van der Waals surface area contributed by atoms with E-state index in [9.17, 15) is 9.18 Å². The summed E-state index contributed by atoms with van der Waals surface area (Å²) in [6.07, 6.45) is 4.75. The van der Waals surface area contributed by atoms with Crippen LogP contribution in [0.25, 0.3) is 17.2 Å². The zero-order valence-corrected chi connectivity index (χ0v) is 15.4. The molecule has 1 aromatic heterocycles. The van der Waals surface area contributed by atoms with Crippen LogP contribution in [0, 0.1) is 11.7 Å². The summed E-state index contributed by atoms with van der Waals surface area (Å²) >= 11 is 0. The van der Waals surface area contributed by atoms with Crippen LogP contribution in [-0.4, -0.2) is 12.5 Å². The van der Waals surface area contributed by atoms with Crippen LogP contribution in [0.1, 0.15) is 50.5 Å². The summed E-state index contributed by atoms with van der Waals surface area (Å²) in [4.78, 5) is 12.4. The normalized spacial score (nSPS) is 15.0. The Morgan fingerprint density at radius 3 is 2.77 bits per heavy atom. The van der Waals surface area contributed by atoms with Gasteiger partial charge in [0.25, 0.3) is 0 Å². The van der Waals surface area contributed by atoms with E-state index < -0.39 is 0 Å². The molecule has 0 saturated carbocycles. The van der Waals surface area contributed by atoms with E-state index in [0.717, 1.165) is 40.0 Å². The van der Waals surface area contributed by atoms with Gasteiger partial charge in [0, 0.05) is 6.54 Å². The molecule has 26 heavy (non-hydrogen) atoms. The molecule has 0 spiro atoms. The molecular weight excluding hydrogens is 329 g/mol. The van der Waals surface area contributed by atoms with Gasteiger partial charge in [-0.05, 0) is 77.5 Å². The summed E-state index contributed by atoms with van der Waals surface area (Å²) in [5.41, 5.74) is 4.56. The first-order valence-electron chi connectivity index (χ1n) is 8.98. The van der Waals surface area contributed by atoms with Crippen LogP contribution in [0.2, 0.25) is 0 Å². The maximum Gasteiger partial charge on any atom is 0.224 e. The number of hydrogen-bond acceptors (Lipinski definition) is 2. The Kier molecular flexibility index (Phi) is 5.40. The molecule has 1 aliphatic carbocycles. The molecule has 0 bridgehead atoms. The van der Waals surface area contributed by atoms with Crippen molar-refractivity contribution < 1.29 is 13.6 Å². The van der Waals surface area contributed by atoms with Crippen LogP contribution in [0.4, 0.5) is 4.39 Å². The van der Waals surface area contributed by atoms with Gasteiger partial charge in [0.1, 0.15) is 11.6 Å². The molecule has 3 nitrogen and oxygen atoms in total. The van der Waals surface area contributed by atoms with Crippen LogP contribution >= 0.6 is 0 Å². The molecule has 0 unspecified atom stereocenters. The molecule has 1 aromatic carbocycles. The summed E-state index contributed by atoms with van der Waals surface area (Å²) in [7, 11) is 0. The molecule has 0 radical (unpaired) electrons. The molecular formula is C22H24FNO2. The number of carbonyl (C=O) groups excluding carboxylic acids is 1. The van der Waals surface area contributed by atoms with Crippen LogP contribution in [-0.2, 0) is 4.79 Å². The third-order valence-corrected chi connectivity index (χ3v) is 4.66. The highest BCUT2D eigenvalue weighted by Crippen LogP contribution is 2.43. The van der Waals surface area contributed by atoms with E-state index in [4.69, 9.17) is 4.42 Å². The van der Waals surface area contributed by atoms with E-state index in [1.807, 2.05) is 25.1 Å². The quantitative estimate of drug-likeness (QED) is 0.766. The molecule has 0 fully saturated rings. The second-order valence-electron chi connectivity index (χ2n) is 7.08. The first-order valence-corrected chi connectivity index (χ1v) is 8.98. The number of fused-ring (bicyclic) bond motifs is 1. The van der Waals surface area contributed by atoms with Gasteiger partial charge in [0.15, 0.2) is 0 Å². The SMILES string of the molecule is CC1=C(CC(=O)NCCC(C)C)c2cc(F)ccc2/C1=C\c1ccco1. The molecule has 1 aliphatic rings. The minimum atomic E-state index is -0.298. The number of amides is 1. The van der Waals surface area contributed by atoms with Crippen molar-refractivity contribution in [1.29, 1.82) is 0 Å². The fraction of sp³-hybridized carbons (Fsp3) is 0.318. The van der Waals surface area contributed by atoms with Gasteiger partial charge in [-0.15, -0.1) is 0 Å². The monoisotopic (exact) mass is 353 g/mol. The van der Waals surface area contributed by atoms with Crippen molar-refractivity contribution in [3.63, 3.8) is 0 Å². The molecule has 3 rings (SSSR count). The van der Waals surface area contributed by atoms with Crippen molar-refractivity contribution in [2.75, 3.05) is 6.54 Å². The highest BCUT2D eigenvalue weighted by Gasteiger charge is 2.25. The predicted octanol–water partition coefficient (Wildman–Crippen LogP) is 5.30. The van der Waals surface area contributed by atoms with E-state index in [-0.39, 0.29) is 18.1 Å². The van der Waals surface area contributed by atoms with Crippen molar-refractivity contribution in [3.05, 3.63) is 64.9 Å². The van der Waals surface area contributed by atoms with Gasteiger partial charge in [0.05, 0.1) is 12.7 Å². The Bertz CT molecular complexity index is 860. The molecule has 4 heteroatoms. The highest BCUT2D eigenvalue weighted by atomic mass is 19.1. The third kappa shape index (κ3) is 3.96. The van der Waals surface area contributed by atoms with Crippen LogP contribution < -0.4 is 5.32 Å². The number of nitrogens with one attached hydrogen (secondary N) is 1.